The van der Waals surface area contributed by atoms with Crippen molar-refractivity contribution in [3.05, 3.63) is 33.0 Å². The lowest BCUT2D eigenvalue weighted by atomic mass is 10.1. The van der Waals surface area contributed by atoms with E-state index in [0.29, 0.717) is 22.0 Å². The number of ether oxygens (including phenoxy) is 2. The second kappa shape index (κ2) is 8.13. The number of anilines is 1. The maximum absolute atomic E-state index is 12.1. The Hall–Kier alpha value is -2.68. The first-order valence-corrected chi connectivity index (χ1v) is 8.74. The Morgan fingerprint density at radius 1 is 1.08 bits per heavy atom. The van der Waals surface area contributed by atoms with Crippen LogP contribution in [0.4, 0.5) is 5.00 Å². The molecule has 0 spiro atoms. The van der Waals surface area contributed by atoms with E-state index in [2.05, 4.69) is 10.5 Å². The lowest BCUT2D eigenvalue weighted by molar-refractivity contribution is -0.119. The number of esters is 2. The van der Waals surface area contributed by atoms with E-state index in [1.54, 1.807) is 27.7 Å². The van der Waals surface area contributed by atoms with Crippen LogP contribution in [0, 0.1) is 27.7 Å². The summed E-state index contributed by atoms with van der Waals surface area (Å²) in [6, 6.07) is 0. The third-order valence-corrected chi connectivity index (χ3v) is 4.81. The van der Waals surface area contributed by atoms with Gasteiger partial charge in [-0.15, -0.1) is 11.3 Å². The number of rotatable bonds is 6. The van der Waals surface area contributed by atoms with Crippen LogP contribution in [-0.2, 0) is 14.3 Å². The molecule has 140 valence electrons. The van der Waals surface area contributed by atoms with Gasteiger partial charge in [0.2, 0.25) is 0 Å². The number of nitrogens with one attached hydrogen (secondary N) is 1. The van der Waals surface area contributed by atoms with Gasteiger partial charge in [-0.3, -0.25) is 4.79 Å². The second-order valence-electron chi connectivity index (χ2n) is 5.53. The molecule has 2 heterocycles. The molecule has 2 rings (SSSR count). The average Bonchev–Trinajstić information content (AvgIpc) is 3.04. The first kappa shape index (κ1) is 19.6. The second-order valence-corrected chi connectivity index (χ2v) is 6.76. The van der Waals surface area contributed by atoms with Crippen LogP contribution in [0.25, 0.3) is 0 Å². The summed E-state index contributed by atoms with van der Waals surface area (Å²) in [5.41, 5.74) is 1.66. The zero-order chi connectivity index (χ0) is 19.4. The van der Waals surface area contributed by atoms with Crippen LogP contribution in [0.1, 0.15) is 49.5 Å². The first-order chi connectivity index (χ1) is 12.3. The summed E-state index contributed by atoms with van der Waals surface area (Å²) in [7, 11) is 0. The number of hydrogen-bond donors (Lipinski definition) is 1. The van der Waals surface area contributed by atoms with Gasteiger partial charge in [-0.25, -0.2) is 9.59 Å². The van der Waals surface area contributed by atoms with E-state index >= 15 is 0 Å². The third-order valence-electron chi connectivity index (χ3n) is 3.69. The van der Waals surface area contributed by atoms with Crippen LogP contribution in [0.2, 0.25) is 0 Å². The predicted molar refractivity (Wildman–Crippen MR) is 94.6 cm³/mol. The van der Waals surface area contributed by atoms with E-state index in [1.165, 1.54) is 11.3 Å². The quantitative estimate of drug-likeness (QED) is 0.768. The molecule has 0 fully saturated rings. The standard InChI is InChI=1S/C17H20N2O6S/c1-6-23-16(21)13-8(2)11(5)26-15(13)18-12(20)7-24-17(22)14-9(3)19-25-10(14)4/h6-7H2,1-5H3,(H,18,20). The summed E-state index contributed by atoms with van der Waals surface area (Å²) < 4.78 is 14.9. The Kier molecular flexibility index (Phi) is 6.14. The Morgan fingerprint density at radius 3 is 2.31 bits per heavy atom. The molecule has 26 heavy (non-hydrogen) atoms. The van der Waals surface area contributed by atoms with Gasteiger partial charge >= 0.3 is 11.9 Å². The zero-order valence-corrected chi connectivity index (χ0v) is 16.0. The van der Waals surface area contributed by atoms with Gasteiger partial charge in [0.25, 0.3) is 5.91 Å². The molecule has 0 radical (unpaired) electrons. The summed E-state index contributed by atoms with van der Waals surface area (Å²) in [4.78, 5) is 37.2. The minimum atomic E-state index is -0.694. The highest BCUT2D eigenvalue weighted by Crippen LogP contribution is 2.33. The number of aryl methyl sites for hydroxylation is 3. The Bertz CT molecular complexity index is 832. The molecule has 0 saturated heterocycles. The fourth-order valence-corrected chi connectivity index (χ4v) is 3.37. The number of carbonyl (C=O) groups excluding carboxylic acids is 3. The molecule has 2 aromatic rings. The van der Waals surface area contributed by atoms with E-state index in [1.807, 2.05) is 6.92 Å². The van der Waals surface area contributed by atoms with Gasteiger partial charge < -0.3 is 19.3 Å². The highest BCUT2D eigenvalue weighted by atomic mass is 32.1. The van der Waals surface area contributed by atoms with Gasteiger partial charge in [0.1, 0.15) is 16.3 Å². The Morgan fingerprint density at radius 2 is 1.73 bits per heavy atom. The lowest BCUT2D eigenvalue weighted by Gasteiger charge is -2.08. The molecule has 0 saturated carbocycles. The molecule has 2 aromatic heterocycles. The highest BCUT2D eigenvalue weighted by Gasteiger charge is 2.23. The fourth-order valence-electron chi connectivity index (χ4n) is 2.30. The molecule has 8 nitrogen and oxygen atoms in total. The number of aromatic nitrogens is 1. The molecule has 1 N–H and O–H groups in total. The molecule has 0 aliphatic rings. The SMILES string of the molecule is CCOC(=O)c1c(NC(=O)COC(=O)c2c(C)noc2C)sc(C)c1C. The molecule has 0 atom stereocenters. The topological polar surface area (TPSA) is 108 Å². The smallest absolute Gasteiger partial charge is 0.344 e. The summed E-state index contributed by atoms with van der Waals surface area (Å²) in [5.74, 6) is -1.43. The maximum atomic E-state index is 12.1. The minimum Gasteiger partial charge on any atom is -0.462 e. The van der Waals surface area contributed by atoms with Gasteiger partial charge in [-0.2, -0.15) is 0 Å². The predicted octanol–water partition coefficient (Wildman–Crippen LogP) is 2.94. The van der Waals surface area contributed by atoms with Gasteiger partial charge in [0, 0.05) is 4.88 Å². The van der Waals surface area contributed by atoms with Crippen LogP contribution >= 0.6 is 11.3 Å². The fraction of sp³-hybridized carbons (Fsp3) is 0.412. The van der Waals surface area contributed by atoms with Crippen molar-refractivity contribution >= 4 is 34.2 Å². The van der Waals surface area contributed by atoms with Crippen LogP contribution in [0.5, 0.6) is 0 Å². The van der Waals surface area contributed by atoms with E-state index in [9.17, 15) is 14.4 Å². The molecule has 0 aromatic carbocycles. The van der Waals surface area contributed by atoms with Crippen molar-refractivity contribution in [3.8, 4) is 0 Å². The summed E-state index contributed by atoms with van der Waals surface area (Å²) in [5, 5.41) is 6.64. The van der Waals surface area contributed by atoms with Gasteiger partial charge in [0.15, 0.2) is 6.61 Å². The maximum Gasteiger partial charge on any atom is 0.344 e. The molecule has 0 unspecified atom stereocenters. The van der Waals surface area contributed by atoms with E-state index < -0.39 is 24.5 Å². The third kappa shape index (κ3) is 4.10. The molecule has 0 aliphatic carbocycles. The molecular weight excluding hydrogens is 360 g/mol. The van der Waals surface area contributed by atoms with Crippen LogP contribution < -0.4 is 5.32 Å². The normalized spacial score (nSPS) is 10.5. The largest absolute Gasteiger partial charge is 0.462 e. The summed E-state index contributed by atoms with van der Waals surface area (Å²) in [6.45, 7) is 8.26. The Labute approximate surface area is 154 Å². The van der Waals surface area contributed by atoms with Crippen LogP contribution in [-0.4, -0.2) is 36.2 Å². The van der Waals surface area contributed by atoms with Crippen LogP contribution in [0.3, 0.4) is 0 Å². The minimum absolute atomic E-state index is 0.202. The lowest BCUT2D eigenvalue weighted by Crippen LogP contribution is -2.22. The van der Waals surface area contributed by atoms with Crippen molar-refractivity contribution in [2.45, 2.75) is 34.6 Å². The zero-order valence-electron chi connectivity index (χ0n) is 15.2. The van der Waals surface area contributed by atoms with Crippen molar-refractivity contribution in [2.24, 2.45) is 0 Å². The van der Waals surface area contributed by atoms with E-state index in [0.717, 1.165) is 10.4 Å². The monoisotopic (exact) mass is 380 g/mol. The molecule has 9 heteroatoms. The molecule has 0 bridgehead atoms. The number of carbonyl (C=O) groups is 3. The number of thiophene rings is 1. The summed E-state index contributed by atoms with van der Waals surface area (Å²) >= 11 is 1.26. The van der Waals surface area contributed by atoms with Gasteiger partial charge in [-0.05, 0) is 40.2 Å². The van der Waals surface area contributed by atoms with Crippen molar-refractivity contribution in [2.75, 3.05) is 18.5 Å². The Balaban J connectivity index is 2.05. The molecule has 0 aliphatic heterocycles. The van der Waals surface area contributed by atoms with Crippen molar-refractivity contribution < 1.29 is 28.4 Å². The van der Waals surface area contributed by atoms with Crippen molar-refractivity contribution in [1.82, 2.24) is 5.16 Å². The van der Waals surface area contributed by atoms with Crippen molar-refractivity contribution in [3.63, 3.8) is 0 Å². The summed E-state index contributed by atoms with van der Waals surface area (Å²) in [6.07, 6.45) is 0. The van der Waals surface area contributed by atoms with Crippen LogP contribution in [0.15, 0.2) is 4.52 Å². The average molecular weight is 380 g/mol. The van der Waals surface area contributed by atoms with E-state index in [4.69, 9.17) is 14.0 Å². The van der Waals surface area contributed by atoms with Gasteiger partial charge in [-0.1, -0.05) is 5.16 Å². The molecule has 1 amide bonds. The van der Waals surface area contributed by atoms with E-state index in [-0.39, 0.29) is 12.2 Å². The van der Waals surface area contributed by atoms with Gasteiger partial charge in [0.05, 0.1) is 17.9 Å². The van der Waals surface area contributed by atoms with Crippen molar-refractivity contribution in [1.29, 1.82) is 0 Å². The first-order valence-electron chi connectivity index (χ1n) is 7.93. The highest BCUT2D eigenvalue weighted by molar-refractivity contribution is 7.16. The molecular formula is C17H20N2O6S. The number of nitrogens with zero attached hydrogens (tertiary/aromatic N) is 1. The number of hydrogen-bond acceptors (Lipinski definition) is 8. The number of amides is 1.